The molecule has 22 heavy (non-hydrogen) atoms. The van der Waals surface area contributed by atoms with E-state index in [1.807, 2.05) is 31.2 Å². The molecule has 0 atom stereocenters. The van der Waals surface area contributed by atoms with Crippen LogP contribution < -0.4 is 4.74 Å². The molecule has 1 aromatic carbocycles. The van der Waals surface area contributed by atoms with Crippen molar-refractivity contribution in [2.24, 2.45) is 0 Å². The van der Waals surface area contributed by atoms with Crippen molar-refractivity contribution >= 4 is 29.2 Å². The van der Waals surface area contributed by atoms with Crippen LogP contribution in [0.3, 0.4) is 0 Å². The summed E-state index contributed by atoms with van der Waals surface area (Å²) in [6, 6.07) is 10.7. The van der Waals surface area contributed by atoms with Gasteiger partial charge in [-0.05, 0) is 30.2 Å². The Morgan fingerprint density at radius 1 is 1.18 bits per heavy atom. The van der Waals surface area contributed by atoms with Crippen LogP contribution >= 0.6 is 23.2 Å². The second kappa shape index (κ2) is 8.01. The van der Waals surface area contributed by atoms with Crippen LogP contribution in [0.25, 0.3) is 0 Å². The molecule has 0 N–H and O–H groups in total. The molecule has 0 amide bonds. The number of carbonyl (C=O) groups is 1. The highest BCUT2D eigenvalue weighted by Gasteiger charge is 2.10. The molecule has 2 rings (SSSR count). The minimum absolute atomic E-state index is 0.0446. The Morgan fingerprint density at radius 3 is 2.73 bits per heavy atom. The van der Waals surface area contributed by atoms with Crippen LogP contribution in [0.4, 0.5) is 0 Å². The molecule has 0 aliphatic carbocycles. The lowest BCUT2D eigenvalue weighted by atomic mass is 10.1. The normalized spacial score (nSPS) is 10.3. The summed E-state index contributed by atoms with van der Waals surface area (Å²) in [5.41, 5.74) is 1.45. The minimum atomic E-state index is -0.497. The van der Waals surface area contributed by atoms with E-state index in [1.54, 1.807) is 12.1 Å². The molecule has 0 unspecified atom stereocenters. The second-order valence-corrected chi connectivity index (χ2v) is 5.27. The number of nitrogens with zero attached hydrogens (tertiary/aromatic N) is 1. The number of halogens is 2. The first-order valence-electron chi connectivity index (χ1n) is 6.77. The van der Waals surface area contributed by atoms with E-state index < -0.39 is 5.97 Å². The molecule has 116 valence electrons. The molecule has 0 bridgehead atoms. The number of aryl methyl sites for hydroxylation is 1. The Bertz CT molecular complexity index is 662. The average molecular weight is 340 g/mol. The van der Waals surface area contributed by atoms with E-state index in [9.17, 15) is 4.79 Å². The van der Waals surface area contributed by atoms with Crippen LogP contribution in [0.15, 0.2) is 36.4 Å². The maximum atomic E-state index is 11.7. The van der Waals surface area contributed by atoms with Crippen molar-refractivity contribution in [2.45, 2.75) is 20.0 Å². The third-order valence-electron chi connectivity index (χ3n) is 2.95. The zero-order valence-corrected chi connectivity index (χ0v) is 13.5. The van der Waals surface area contributed by atoms with Crippen molar-refractivity contribution in [3.63, 3.8) is 0 Å². The third kappa shape index (κ3) is 4.61. The van der Waals surface area contributed by atoms with Gasteiger partial charge in [0.1, 0.15) is 17.5 Å². The SMILES string of the molecule is CCc1ccccc1OCC(=O)OCc1nc(Cl)ccc1Cl. The maximum absolute atomic E-state index is 11.7. The van der Waals surface area contributed by atoms with Gasteiger partial charge in [-0.3, -0.25) is 0 Å². The van der Waals surface area contributed by atoms with Gasteiger partial charge in [-0.1, -0.05) is 48.3 Å². The molecule has 6 heteroatoms. The smallest absolute Gasteiger partial charge is 0.344 e. The van der Waals surface area contributed by atoms with E-state index in [0.29, 0.717) is 21.6 Å². The number of hydrogen-bond acceptors (Lipinski definition) is 4. The van der Waals surface area contributed by atoms with Gasteiger partial charge in [0.25, 0.3) is 0 Å². The zero-order valence-electron chi connectivity index (χ0n) is 12.0. The number of carbonyl (C=O) groups excluding carboxylic acids is 1. The fourth-order valence-electron chi connectivity index (χ4n) is 1.82. The van der Waals surface area contributed by atoms with Crippen LogP contribution in [0, 0.1) is 0 Å². The Balaban J connectivity index is 1.87. The average Bonchev–Trinajstić information content (AvgIpc) is 2.54. The summed E-state index contributed by atoms with van der Waals surface area (Å²) >= 11 is 11.7. The summed E-state index contributed by atoms with van der Waals surface area (Å²) in [5, 5.41) is 0.693. The van der Waals surface area contributed by atoms with E-state index >= 15 is 0 Å². The van der Waals surface area contributed by atoms with Gasteiger partial charge < -0.3 is 9.47 Å². The molecule has 0 saturated heterocycles. The number of benzene rings is 1. The lowest BCUT2D eigenvalue weighted by Gasteiger charge is -2.10. The standard InChI is InChI=1S/C16H15Cl2NO3/c1-2-11-5-3-4-6-14(11)21-10-16(20)22-9-13-12(17)7-8-15(18)19-13/h3-8H,2,9-10H2,1H3. The predicted octanol–water partition coefficient (Wildman–Crippen LogP) is 4.07. The first-order valence-corrected chi connectivity index (χ1v) is 7.53. The third-order valence-corrected chi connectivity index (χ3v) is 3.51. The van der Waals surface area contributed by atoms with E-state index in [0.717, 1.165) is 12.0 Å². The van der Waals surface area contributed by atoms with Crippen molar-refractivity contribution < 1.29 is 14.3 Å². The van der Waals surface area contributed by atoms with Crippen molar-refractivity contribution in [3.8, 4) is 5.75 Å². The Kier molecular flexibility index (Phi) is 6.04. The van der Waals surface area contributed by atoms with Crippen LogP contribution in [0.2, 0.25) is 10.2 Å². The van der Waals surface area contributed by atoms with E-state index in [4.69, 9.17) is 32.7 Å². The van der Waals surface area contributed by atoms with Crippen LogP contribution in [-0.2, 0) is 22.6 Å². The van der Waals surface area contributed by atoms with Crippen LogP contribution in [0.1, 0.15) is 18.2 Å². The number of rotatable bonds is 6. The van der Waals surface area contributed by atoms with Crippen LogP contribution in [-0.4, -0.2) is 17.6 Å². The number of para-hydroxylation sites is 1. The van der Waals surface area contributed by atoms with Gasteiger partial charge in [-0.2, -0.15) is 0 Å². The van der Waals surface area contributed by atoms with Crippen molar-refractivity contribution in [3.05, 3.63) is 57.8 Å². The summed E-state index contributed by atoms with van der Waals surface area (Å²) in [6.07, 6.45) is 0.827. The van der Waals surface area contributed by atoms with Gasteiger partial charge in [0.2, 0.25) is 0 Å². The number of pyridine rings is 1. The van der Waals surface area contributed by atoms with E-state index in [2.05, 4.69) is 4.98 Å². The number of aromatic nitrogens is 1. The molecule has 0 spiro atoms. The largest absolute Gasteiger partial charge is 0.482 e. The minimum Gasteiger partial charge on any atom is -0.482 e. The van der Waals surface area contributed by atoms with Crippen molar-refractivity contribution in [1.29, 1.82) is 0 Å². The van der Waals surface area contributed by atoms with E-state index in [1.165, 1.54) is 0 Å². The molecule has 0 radical (unpaired) electrons. The van der Waals surface area contributed by atoms with Crippen molar-refractivity contribution in [1.82, 2.24) is 4.98 Å². The number of hydrogen-bond donors (Lipinski definition) is 0. The fourth-order valence-corrected chi connectivity index (χ4v) is 2.15. The Hall–Kier alpha value is -1.78. The maximum Gasteiger partial charge on any atom is 0.344 e. The lowest BCUT2D eigenvalue weighted by molar-refractivity contribution is -0.147. The van der Waals surface area contributed by atoms with Gasteiger partial charge in [-0.25, -0.2) is 9.78 Å². The highest BCUT2D eigenvalue weighted by Crippen LogP contribution is 2.19. The molecule has 2 aromatic rings. The number of ether oxygens (including phenoxy) is 2. The van der Waals surface area contributed by atoms with Crippen molar-refractivity contribution in [2.75, 3.05) is 6.61 Å². The zero-order chi connectivity index (χ0) is 15.9. The Morgan fingerprint density at radius 2 is 1.95 bits per heavy atom. The first-order chi connectivity index (χ1) is 10.6. The highest BCUT2D eigenvalue weighted by molar-refractivity contribution is 6.32. The van der Waals surface area contributed by atoms with Gasteiger partial charge in [0.05, 0.1) is 10.7 Å². The predicted molar refractivity (Wildman–Crippen MR) is 85.4 cm³/mol. The monoisotopic (exact) mass is 339 g/mol. The summed E-state index contributed by atoms with van der Waals surface area (Å²) in [5.74, 6) is 0.185. The first kappa shape index (κ1) is 16.6. The van der Waals surface area contributed by atoms with Crippen LogP contribution in [0.5, 0.6) is 5.75 Å². The number of esters is 1. The molecule has 1 aromatic heterocycles. The Labute approximate surface area is 139 Å². The highest BCUT2D eigenvalue weighted by atomic mass is 35.5. The molecule has 0 saturated carbocycles. The summed E-state index contributed by atoms with van der Waals surface area (Å²) in [4.78, 5) is 15.7. The van der Waals surface area contributed by atoms with Gasteiger partial charge in [0.15, 0.2) is 6.61 Å². The lowest BCUT2D eigenvalue weighted by Crippen LogP contribution is -2.15. The van der Waals surface area contributed by atoms with Gasteiger partial charge in [-0.15, -0.1) is 0 Å². The molecular weight excluding hydrogens is 325 g/mol. The molecule has 4 nitrogen and oxygen atoms in total. The summed E-state index contributed by atoms with van der Waals surface area (Å²) in [7, 11) is 0. The second-order valence-electron chi connectivity index (χ2n) is 4.47. The van der Waals surface area contributed by atoms with Gasteiger partial charge in [0, 0.05) is 0 Å². The topological polar surface area (TPSA) is 48.4 Å². The molecule has 1 heterocycles. The molecular formula is C16H15Cl2NO3. The molecule has 0 aliphatic heterocycles. The molecule has 0 fully saturated rings. The molecule has 0 aliphatic rings. The van der Waals surface area contributed by atoms with E-state index in [-0.39, 0.29) is 13.2 Å². The summed E-state index contributed by atoms with van der Waals surface area (Å²) < 4.78 is 10.6. The quantitative estimate of drug-likeness (QED) is 0.587. The fraction of sp³-hybridized carbons (Fsp3) is 0.250. The van der Waals surface area contributed by atoms with Gasteiger partial charge >= 0.3 is 5.97 Å². The summed E-state index contributed by atoms with van der Waals surface area (Å²) in [6.45, 7) is 1.81.